The van der Waals surface area contributed by atoms with Crippen LogP contribution in [-0.4, -0.2) is 6.10 Å². The molecule has 1 aromatic carbocycles. The van der Waals surface area contributed by atoms with E-state index in [1.54, 1.807) is 0 Å². The summed E-state index contributed by atoms with van der Waals surface area (Å²) in [6.07, 6.45) is 3.18. The molecule has 0 aliphatic heterocycles. The smallest absolute Gasteiger partial charge is 0.852 e. The van der Waals surface area contributed by atoms with Gasteiger partial charge in [-0.05, 0) is 47.1 Å². The van der Waals surface area contributed by atoms with Crippen molar-refractivity contribution in [3.63, 3.8) is 0 Å². The van der Waals surface area contributed by atoms with Gasteiger partial charge in [0.05, 0.1) is 0 Å². The number of allylic oxidation sites excluding steroid dienone is 1. The number of benzene rings is 1. The van der Waals surface area contributed by atoms with Gasteiger partial charge in [0.2, 0.25) is 0 Å². The Morgan fingerprint density at radius 3 is 2.45 bits per heavy atom. The van der Waals surface area contributed by atoms with Crippen LogP contribution in [0.25, 0.3) is 5.57 Å². The molecule has 3 heteroatoms. The van der Waals surface area contributed by atoms with Crippen molar-refractivity contribution in [3.05, 3.63) is 40.4 Å². The Hall–Kier alpha value is 1.04. The molecule has 0 aromatic heterocycles. The summed E-state index contributed by atoms with van der Waals surface area (Å²) in [6, 6.07) is 6.53. The van der Waals surface area contributed by atoms with Gasteiger partial charge in [0, 0.05) is 9.89 Å². The van der Waals surface area contributed by atoms with Gasteiger partial charge in [-0.3, -0.25) is 0 Å². The zero-order valence-electron chi connectivity index (χ0n) is 12.6. The molecule has 0 heterocycles. The predicted molar refractivity (Wildman–Crippen MR) is 80.9 cm³/mol. The third kappa shape index (κ3) is 2.38. The molecule has 2 aliphatic carbocycles. The van der Waals surface area contributed by atoms with Crippen LogP contribution in [0.2, 0.25) is 0 Å². The second kappa shape index (κ2) is 5.91. The third-order valence-electron chi connectivity index (χ3n) is 5.54. The summed E-state index contributed by atoms with van der Waals surface area (Å²) >= 11 is 3.56. The molecule has 0 bridgehead atoms. The molecule has 1 saturated carbocycles. The van der Waals surface area contributed by atoms with E-state index >= 15 is 0 Å². The second-order valence-electron chi connectivity index (χ2n) is 6.57. The van der Waals surface area contributed by atoms with E-state index in [1.165, 1.54) is 16.7 Å². The van der Waals surface area contributed by atoms with Crippen molar-refractivity contribution in [3.8, 4) is 0 Å². The van der Waals surface area contributed by atoms with Crippen molar-refractivity contribution in [1.82, 2.24) is 0 Å². The van der Waals surface area contributed by atoms with Crippen molar-refractivity contribution in [1.29, 1.82) is 0 Å². The van der Waals surface area contributed by atoms with Crippen LogP contribution >= 0.6 is 15.9 Å². The van der Waals surface area contributed by atoms with E-state index in [4.69, 9.17) is 0 Å². The normalized spacial score (nSPS) is 31.0. The minimum atomic E-state index is -0.371. The third-order valence-corrected chi connectivity index (χ3v) is 6.03. The van der Waals surface area contributed by atoms with Crippen LogP contribution in [0, 0.1) is 5.41 Å². The molecule has 0 atom stereocenters. The zero-order valence-corrected chi connectivity index (χ0v) is 17.3. The van der Waals surface area contributed by atoms with Gasteiger partial charge in [-0.1, -0.05) is 55.3 Å². The van der Waals surface area contributed by atoms with Crippen LogP contribution in [0.15, 0.2) is 29.3 Å². The number of fused-ring (bicyclic) bond motifs is 1. The summed E-state index contributed by atoms with van der Waals surface area (Å²) in [5, 5.41) is 11.7. The fourth-order valence-corrected chi connectivity index (χ4v) is 4.58. The van der Waals surface area contributed by atoms with Crippen LogP contribution in [0.1, 0.15) is 50.7 Å². The fourth-order valence-electron chi connectivity index (χ4n) is 4.21. The summed E-state index contributed by atoms with van der Waals surface area (Å²) in [7, 11) is 0. The fraction of sp³-hybridized carbons (Fsp3) is 0.529. The van der Waals surface area contributed by atoms with E-state index in [0.29, 0.717) is 0 Å². The largest absolute Gasteiger partial charge is 1.00 e. The standard InChI is InChI=1S/C17H20BrO.K/c1-11-14-10-12(18)4-5-15(14)16(2,3)17(11)8-6-13(19)7-9-17;/h4-5,10,13H,1,6-9H2,2-3H3;/q-1;+1. The Bertz CT molecular complexity index is 542. The predicted octanol–water partition coefficient (Wildman–Crippen LogP) is 1.05. The second-order valence-corrected chi connectivity index (χ2v) is 7.49. The first-order valence-corrected chi connectivity index (χ1v) is 7.83. The van der Waals surface area contributed by atoms with Crippen molar-refractivity contribution in [2.75, 3.05) is 0 Å². The van der Waals surface area contributed by atoms with E-state index < -0.39 is 0 Å². The monoisotopic (exact) mass is 358 g/mol. The van der Waals surface area contributed by atoms with E-state index in [-0.39, 0.29) is 68.3 Å². The first-order chi connectivity index (χ1) is 8.88. The Balaban J connectivity index is 0.00000147. The SMILES string of the molecule is C=C1c2cc(Br)ccc2C(C)(C)C12CCC([O-])CC2.[K+]. The van der Waals surface area contributed by atoms with E-state index in [2.05, 4.69) is 54.6 Å². The Morgan fingerprint density at radius 2 is 1.85 bits per heavy atom. The number of hydrogen-bond acceptors (Lipinski definition) is 1. The average molecular weight is 359 g/mol. The minimum absolute atomic E-state index is 0. The maximum atomic E-state index is 11.7. The van der Waals surface area contributed by atoms with Crippen LogP contribution in [-0.2, 0) is 5.41 Å². The number of hydrogen-bond donors (Lipinski definition) is 0. The van der Waals surface area contributed by atoms with Gasteiger partial charge < -0.3 is 5.11 Å². The first kappa shape index (κ1) is 17.4. The summed E-state index contributed by atoms with van der Waals surface area (Å²) in [5.74, 6) is 0. The molecule has 1 aromatic rings. The molecule has 0 amide bonds. The number of rotatable bonds is 0. The summed E-state index contributed by atoms with van der Waals surface area (Å²) in [6.45, 7) is 9.06. The Labute approximate surface area is 172 Å². The molecule has 0 unspecified atom stereocenters. The summed E-state index contributed by atoms with van der Waals surface area (Å²) in [4.78, 5) is 0. The molecule has 102 valence electrons. The molecule has 0 saturated heterocycles. The zero-order chi connectivity index (χ0) is 13.8. The maximum absolute atomic E-state index is 11.7. The van der Waals surface area contributed by atoms with Crippen molar-refractivity contribution < 1.29 is 56.5 Å². The quantitative estimate of drug-likeness (QED) is 0.635. The average Bonchev–Trinajstić information content (AvgIpc) is 2.52. The van der Waals surface area contributed by atoms with Crippen molar-refractivity contribution in [2.45, 2.75) is 51.0 Å². The van der Waals surface area contributed by atoms with E-state index in [9.17, 15) is 5.11 Å². The molecule has 2 aliphatic rings. The van der Waals surface area contributed by atoms with Crippen LogP contribution in [0.4, 0.5) is 0 Å². The van der Waals surface area contributed by atoms with Gasteiger partial charge in [-0.25, -0.2) is 0 Å². The minimum Gasteiger partial charge on any atom is -0.852 e. The van der Waals surface area contributed by atoms with Gasteiger partial charge >= 0.3 is 51.4 Å². The molecule has 1 nitrogen and oxygen atoms in total. The molecule has 20 heavy (non-hydrogen) atoms. The number of halogens is 1. The Morgan fingerprint density at radius 1 is 1.25 bits per heavy atom. The molecule has 0 N–H and O–H groups in total. The summed E-state index contributed by atoms with van der Waals surface area (Å²) < 4.78 is 1.11. The van der Waals surface area contributed by atoms with E-state index in [0.717, 1.165) is 30.2 Å². The van der Waals surface area contributed by atoms with Gasteiger partial charge in [0.25, 0.3) is 0 Å². The van der Waals surface area contributed by atoms with Gasteiger partial charge in [0.1, 0.15) is 0 Å². The summed E-state index contributed by atoms with van der Waals surface area (Å²) in [5.41, 5.74) is 4.12. The topological polar surface area (TPSA) is 23.1 Å². The molecular formula is C17H20BrKO. The van der Waals surface area contributed by atoms with Crippen molar-refractivity contribution in [2.24, 2.45) is 5.41 Å². The van der Waals surface area contributed by atoms with Crippen molar-refractivity contribution >= 4 is 21.5 Å². The molecule has 1 spiro atoms. The van der Waals surface area contributed by atoms with Crippen LogP contribution < -0.4 is 56.5 Å². The first-order valence-electron chi connectivity index (χ1n) is 7.04. The maximum Gasteiger partial charge on any atom is 1.00 e. The molecule has 1 fully saturated rings. The molecule has 3 rings (SSSR count). The van der Waals surface area contributed by atoms with Crippen LogP contribution in [0.5, 0.6) is 0 Å². The molecule has 0 radical (unpaired) electrons. The van der Waals surface area contributed by atoms with Gasteiger partial charge in [-0.2, -0.15) is 0 Å². The van der Waals surface area contributed by atoms with Crippen LogP contribution in [0.3, 0.4) is 0 Å². The van der Waals surface area contributed by atoms with Gasteiger partial charge in [0.15, 0.2) is 0 Å². The van der Waals surface area contributed by atoms with E-state index in [1.807, 2.05) is 0 Å². The van der Waals surface area contributed by atoms with Gasteiger partial charge in [-0.15, -0.1) is 6.10 Å². The Kier molecular flexibility index (Phi) is 5.14. The molecular weight excluding hydrogens is 339 g/mol.